The molecule has 0 radical (unpaired) electrons. The lowest BCUT2D eigenvalue weighted by atomic mass is 9.97. The van der Waals surface area contributed by atoms with Gasteiger partial charge in [-0.3, -0.25) is 19.3 Å². The van der Waals surface area contributed by atoms with Crippen LogP contribution in [0.1, 0.15) is 25.7 Å². The highest BCUT2D eigenvalue weighted by molar-refractivity contribution is 5.81. The fourth-order valence-corrected chi connectivity index (χ4v) is 2.63. The van der Waals surface area contributed by atoms with Crippen molar-refractivity contribution < 1.29 is 19.5 Å². The summed E-state index contributed by atoms with van der Waals surface area (Å²) < 4.78 is 0. The summed E-state index contributed by atoms with van der Waals surface area (Å²) in [5, 5.41) is 8.91. The van der Waals surface area contributed by atoms with E-state index < -0.39 is 5.97 Å². The Balaban J connectivity index is 1.75. The number of amides is 1. The van der Waals surface area contributed by atoms with E-state index in [2.05, 4.69) is 0 Å². The molecule has 2 heterocycles. The Morgan fingerprint density at radius 2 is 1.68 bits per heavy atom. The zero-order chi connectivity index (χ0) is 13.8. The Hall–Kier alpha value is -1.43. The van der Waals surface area contributed by atoms with Gasteiger partial charge in [-0.2, -0.15) is 0 Å². The molecule has 0 atom stereocenters. The lowest BCUT2D eigenvalue weighted by molar-refractivity contribution is -0.146. The fraction of sp³-hybridized carbons (Fsp3) is 0.769. The van der Waals surface area contributed by atoms with Crippen LogP contribution in [0.3, 0.4) is 0 Å². The Bertz CT molecular complexity index is 365. The van der Waals surface area contributed by atoms with E-state index in [9.17, 15) is 14.4 Å². The van der Waals surface area contributed by atoms with E-state index in [4.69, 9.17) is 5.11 Å². The summed E-state index contributed by atoms with van der Waals surface area (Å²) in [4.78, 5) is 37.8. The van der Waals surface area contributed by atoms with Crippen molar-refractivity contribution in [2.45, 2.75) is 25.7 Å². The number of hydrogen-bond acceptors (Lipinski definition) is 4. The molecule has 0 aromatic rings. The van der Waals surface area contributed by atoms with Crippen LogP contribution < -0.4 is 0 Å². The number of piperidine rings is 2. The van der Waals surface area contributed by atoms with Crippen LogP contribution in [0.2, 0.25) is 0 Å². The van der Waals surface area contributed by atoms with E-state index in [0.29, 0.717) is 58.4 Å². The predicted octanol–water partition coefficient (Wildman–Crippen LogP) is -0.0255. The van der Waals surface area contributed by atoms with E-state index in [-0.39, 0.29) is 17.6 Å². The number of likely N-dealkylation sites (tertiary alicyclic amines) is 2. The fourth-order valence-electron chi connectivity index (χ4n) is 2.63. The first-order chi connectivity index (χ1) is 9.06. The minimum absolute atomic E-state index is 0.0539. The third kappa shape index (κ3) is 3.76. The summed E-state index contributed by atoms with van der Waals surface area (Å²) in [6.45, 7) is 2.74. The van der Waals surface area contributed by atoms with Gasteiger partial charge in [-0.15, -0.1) is 0 Å². The number of hydrogen-bond donors (Lipinski definition) is 1. The lowest BCUT2D eigenvalue weighted by Gasteiger charge is -2.33. The lowest BCUT2D eigenvalue weighted by Crippen LogP contribution is -2.46. The number of carbonyl (C=O) groups is 3. The highest BCUT2D eigenvalue weighted by Gasteiger charge is 2.28. The van der Waals surface area contributed by atoms with Crippen molar-refractivity contribution in [2.24, 2.45) is 5.92 Å². The molecular weight excluding hydrogens is 248 g/mol. The Morgan fingerprint density at radius 3 is 2.21 bits per heavy atom. The molecule has 0 spiro atoms. The topological polar surface area (TPSA) is 77.9 Å². The van der Waals surface area contributed by atoms with E-state index in [1.54, 1.807) is 4.90 Å². The largest absolute Gasteiger partial charge is 0.481 e. The zero-order valence-corrected chi connectivity index (χ0v) is 11.0. The minimum Gasteiger partial charge on any atom is -0.481 e. The highest BCUT2D eigenvalue weighted by atomic mass is 16.4. The van der Waals surface area contributed by atoms with Gasteiger partial charge >= 0.3 is 5.97 Å². The average molecular weight is 268 g/mol. The summed E-state index contributed by atoms with van der Waals surface area (Å²) in [5.74, 6) is -0.748. The maximum atomic E-state index is 12.1. The molecule has 1 N–H and O–H groups in total. The van der Waals surface area contributed by atoms with Crippen LogP contribution in [0.5, 0.6) is 0 Å². The Labute approximate surface area is 112 Å². The first-order valence-corrected chi connectivity index (χ1v) is 6.81. The predicted molar refractivity (Wildman–Crippen MR) is 67.6 cm³/mol. The molecular formula is C13H20N2O4. The number of carboxylic acids is 1. The highest BCUT2D eigenvalue weighted by Crippen LogP contribution is 2.17. The zero-order valence-electron chi connectivity index (χ0n) is 11.0. The molecule has 0 unspecified atom stereocenters. The number of nitrogens with zero attached hydrogens (tertiary/aromatic N) is 2. The van der Waals surface area contributed by atoms with Crippen molar-refractivity contribution >= 4 is 17.7 Å². The normalized spacial score (nSPS) is 22.5. The Kier molecular flexibility index (Phi) is 4.52. The van der Waals surface area contributed by atoms with Gasteiger partial charge in [0.25, 0.3) is 0 Å². The van der Waals surface area contributed by atoms with E-state index in [1.807, 2.05) is 4.90 Å². The van der Waals surface area contributed by atoms with Crippen LogP contribution in [0.25, 0.3) is 0 Å². The maximum absolute atomic E-state index is 12.1. The van der Waals surface area contributed by atoms with Crippen LogP contribution in [0.4, 0.5) is 0 Å². The molecule has 2 aliphatic heterocycles. The molecule has 0 aromatic heterocycles. The SMILES string of the molecule is O=C1CCN(CC(=O)N2CCC(C(=O)O)CC2)CC1. The second-order valence-electron chi connectivity index (χ2n) is 5.31. The molecule has 0 aliphatic carbocycles. The van der Waals surface area contributed by atoms with Crippen molar-refractivity contribution in [2.75, 3.05) is 32.7 Å². The molecule has 2 aliphatic rings. The number of ketones is 1. The minimum atomic E-state index is -0.762. The van der Waals surface area contributed by atoms with Crippen LogP contribution >= 0.6 is 0 Å². The quantitative estimate of drug-likeness (QED) is 0.778. The van der Waals surface area contributed by atoms with Crippen LogP contribution in [-0.2, 0) is 14.4 Å². The number of carbonyl (C=O) groups excluding carboxylic acids is 2. The van der Waals surface area contributed by atoms with Gasteiger partial charge in [-0.05, 0) is 12.8 Å². The first-order valence-electron chi connectivity index (χ1n) is 6.81. The van der Waals surface area contributed by atoms with Gasteiger partial charge in [-0.25, -0.2) is 0 Å². The van der Waals surface area contributed by atoms with Gasteiger partial charge in [-0.1, -0.05) is 0 Å². The molecule has 0 aromatic carbocycles. The van der Waals surface area contributed by atoms with Crippen molar-refractivity contribution in [1.29, 1.82) is 0 Å². The summed E-state index contributed by atoms with van der Waals surface area (Å²) in [6.07, 6.45) is 2.15. The van der Waals surface area contributed by atoms with Crippen molar-refractivity contribution in [3.05, 3.63) is 0 Å². The molecule has 6 heteroatoms. The molecule has 0 bridgehead atoms. The third-order valence-electron chi connectivity index (χ3n) is 3.97. The van der Waals surface area contributed by atoms with Gasteiger partial charge in [0.05, 0.1) is 12.5 Å². The van der Waals surface area contributed by atoms with Gasteiger partial charge in [0.2, 0.25) is 5.91 Å². The van der Waals surface area contributed by atoms with Gasteiger partial charge < -0.3 is 10.0 Å². The van der Waals surface area contributed by atoms with Crippen molar-refractivity contribution in [3.63, 3.8) is 0 Å². The van der Waals surface area contributed by atoms with Gasteiger partial charge in [0.1, 0.15) is 5.78 Å². The number of rotatable bonds is 3. The molecule has 2 fully saturated rings. The average Bonchev–Trinajstić information content (AvgIpc) is 2.41. The smallest absolute Gasteiger partial charge is 0.306 e. The van der Waals surface area contributed by atoms with Crippen molar-refractivity contribution in [3.8, 4) is 0 Å². The maximum Gasteiger partial charge on any atom is 0.306 e. The molecule has 0 saturated carbocycles. The second-order valence-corrected chi connectivity index (χ2v) is 5.31. The summed E-state index contributed by atoms with van der Waals surface area (Å²) in [5.41, 5.74) is 0. The molecule has 19 heavy (non-hydrogen) atoms. The monoisotopic (exact) mass is 268 g/mol. The first kappa shape index (κ1) is 14.0. The second kappa shape index (κ2) is 6.14. The number of carboxylic acid groups (broad SMARTS) is 1. The molecule has 106 valence electrons. The van der Waals surface area contributed by atoms with Gasteiger partial charge in [0, 0.05) is 39.0 Å². The standard InChI is InChI=1S/C13H20N2O4/c16-11-3-5-14(6-4-11)9-12(17)15-7-1-10(2-8-15)13(18)19/h10H,1-9H2,(H,18,19). The van der Waals surface area contributed by atoms with Crippen LogP contribution in [0.15, 0.2) is 0 Å². The Morgan fingerprint density at radius 1 is 1.11 bits per heavy atom. The molecule has 2 rings (SSSR count). The molecule has 6 nitrogen and oxygen atoms in total. The van der Waals surface area contributed by atoms with Gasteiger partial charge in [0.15, 0.2) is 0 Å². The third-order valence-corrected chi connectivity index (χ3v) is 3.97. The summed E-state index contributed by atoms with van der Waals surface area (Å²) in [7, 11) is 0. The summed E-state index contributed by atoms with van der Waals surface area (Å²) >= 11 is 0. The number of Topliss-reactive ketones (excluding diaryl/α,β-unsaturated/α-hetero) is 1. The molecule has 2 saturated heterocycles. The molecule has 1 amide bonds. The van der Waals surface area contributed by atoms with Crippen molar-refractivity contribution in [1.82, 2.24) is 9.80 Å². The van der Waals surface area contributed by atoms with E-state index in [0.717, 1.165) is 0 Å². The van der Waals surface area contributed by atoms with Crippen LogP contribution in [0, 0.1) is 5.92 Å². The number of aliphatic carboxylic acids is 1. The van der Waals surface area contributed by atoms with Crippen LogP contribution in [-0.4, -0.2) is 65.3 Å². The van der Waals surface area contributed by atoms with E-state index in [1.165, 1.54) is 0 Å². The summed E-state index contributed by atoms with van der Waals surface area (Å²) in [6, 6.07) is 0. The van der Waals surface area contributed by atoms with E-state index >= 15 is 0 Å².